The first-order valence-corrected chi connectivity index (χ1v) is 9.94. The monoisotopic (exact) mass is 420 g/mol. The highest BCUT2D eigenvalue weighted by Crippen LogP contribution is 2.29. The summed E-state index contributed by atoms with van der Waals surface area (Å²) in [5, 5.41) is 13.9. The number of nitrogens with one attached hydrogen (secondary N) is 1. The molecule has 1 aliphatic rings. The fourth-order valence-electron chi connectivity index (χ4n) is 3.42. The Morgan fingerprint density at radius 2 is 1.93 bits per heavy atom. The fraction of sp³-hybridized carbons (Fsp3) is 0.333. The number of hydrogen-bond donors (Lipinski definition) is 2. The standard InChI is InChI=1S/C21H22Cl2N2O3/c1-2-13-5-3-4-6-18(13)25-12-15(9-20(25)27)21(28)24-11-19(26)14-7-16(22)10-17(23)8-14/h3-8,10,15,19,26H,2,9,11-12H2,1H3,(H,24,28). The van der Waals surface area contributed by atoms with Gasteiger partial charge in [-0.1, -0.05) is 48.3 Å². The van der Waals surface area contributed by atoms with Gasteiger partial charge in [0.25, 0.3) is 0 Å². The molecule has 3 rings (SSSR count). The van der Waals surface area contributed by atoms with Crippen LogP contribution in [0.4, 0.5) is 5.69 Å². The molecule has 0 radical (unpaired) electrons. The molecular weight excluding hydrogens is 399 g/mol. The van der Waals surface area contributed by atoms with Crippen LogP contribution in [0.2, 0.25) is 10.0 Å². The molecule has 0 aromatic heterocycles. The van der Waals surface area contributed by atoms with Crippen molar-refractivity contribution in [1.29, 1.82) is 0 Å². The number of halogens is 2. The number of carbonyl (C=O) groups is 2. The van der Waals surface area contributed by atoms with E-state index in [9.17, 15) is 14.7 Å². The first-order chi connectivity index (χ1) is 13.4. The molecule has 28 heavy (non-hydrogen) atoms. The molecule has 1 aliphatic heterocycles. The average Bonchev–Trinajstić information content (AvgIpc) is 3.06. The lowest BCUT2D eigenvalue weighted by atomic mass is 10.1. The molecule has 5 nitrogen and oxygen atoms in total. The van der Waals surface area contributed by atoms with Crippen molar-refractivity contribution in [1.82, 2.24) is 5.32 Å². The van der Waals surface area contributed by atoms with E-state index < -0.39 is 12.0 Å². The zero-order valence-corrected chi connectivity index (χ0v) is 17.0. The Kier molecular flexibility index (Phi) is 6.60. The van der Waals surface area contributed by atoms with Gasteiger partial charge < -0.3 is 15.3 Å². The lowest BCUT2D eigenvalue weighted by Gasteiger charge is -2.20. The van der Waals surface area contributed by atoms with Crippen LogP contribution in [0, 0.1) is 5.92 Å². The zero-order valence-electron chi connectivity index (χ0n) is 15.5. The van der Waals surface area contributed by atoms with E-state index in [1.807, 2.05) is 31.2 Å². The van der Waals surface area contributed by atoms with E-state index in [4.69, 9.17) is 23.2 Å². The third-order valence-corrected chi connectivity index (χ3v) is 5.33. The molecule has 1 heterocycles. The van der Waals surface area contributed by atoms with Crippen molar-refractivity contribution in [3.05, 3.63) is 63.6 Å². The van der Waals surface area contributed by atoms with Crippen molar-refractivity contribution < 1.29 is 14.7 Å². The summed E-state index contributed by atoms with van der Waals surface area (Å²) in [7, 11) is 0. The Hall–Kier alpha value is -2.08. The summed E-state index contributed by atoms with van der Waals surface area (Å²) in [6.45, 7) is 2.39. The first-order valence-electron chi connectivity index (χ1n) is 9.19. The molecule has 0 aliphatic carbocycles. The van der Waals surface area contributed by atoms with Crippen LogP contribution in [0.1, 0.15) is 30.6 Å². The van der Waals surface area contributed by atoms with E-state index in [1.54, 1.807) is 23.1 Å². The molecule has 1 saturated heterocycles. The topological polar surface area (TPSA) is 69.6 Å². The number of hydrogen-bond acceptors (Lipinski definition) is 3. The SMILES string of the molecule is CCc1ccccc1N1CC(C(=O)NCC(O)c2cc(Cl)cc(Cl)c2)CC1=O. The van der Waals surface area contributed by atoms with Gasteiger partial charge in [0.2, 0.25) is 11.8 Å². The minimum Gasteiger partial charge on any atom is -0.387 e. The van der Waals surface area contributed by atoms with Gasteiger partial charge in [-0.3, -0.25) is 9.59 Å². The molecular formula is C21H22Cl2N2O3. The van der Waals surface area contributed by atoms with Crippen molar-refractivity contribution >= 4 is 40.7 Å². The fourth-order valence-corrected chi connectivity index (χ4v) is 3.96. The number of benzene rings is 2. The van der Waals surface area contributed by atoms with Crippen molar-refractivity contribution in [3.8, 4) is 0 Å². The van der Waals surface area contributed by atoms with Crippen molar-refractivity contribution in [3.63, 3.8) is 0 Å². The molecule has 2 aromatic carbocycles. The van der Waals surface area contributed by atoms with E-state index in [0.29, 0.717) is 22.2 Å². The van der Waals surface area contributed by atoms with Crippen LogP contribution < -0.4 is 10.2 Å². The Morgan fingerprint density at radius 3 is 2.61 bits per heavy atom. The number of para-hydroxylation sites is 1. The molecule has 1 fully saturated rings. The van der Waals surface area contributed by atoms with Gasteiger partial charge in [-0.2, -0.15) is 0 Å². The summed E-state index contributed by atoms with van der Waals surface area (Å²) in [6.07, 6.45) is 0.0305. The summed E-state index contributed by atoms with van der Waals surface area (Å²) in [5.74, 6) is -0.771. The second-order valence-electron chi connectivity index (χ2n) is 6.85. The van der Waals surface area contributed by atoms with Crippen molar-refractivity contribution in [2.75, 3.05) is 18.0 Å². The minimum absolute atomic E-state index is 0.0196. The van der Waals surface area contributed by atoms with Crippen LogP contribution in [0.25, 0.3) is 0 Å². The highest BCUT2D eigenvalue weighted by molar-refractivity contribution is 6.34. The molecule has 2 amide bonds. The maximum absolute atomic E-state index is 12.5. The third kappa shape index (κ3) is 4.66. The second kappa shape index (κ2) is 8.95. The van der Waals surface area contributed by atoms with E-state index in [2.05, 4.69) is 5.32 Å². The molecule has 2 unspecified atom stereocenters. The van der Waals surface area contributed by atoms with Gasteiger partial charge >= 0.3 is 0 Å². The Morgan fingerprint density at radius 1 is 1.25 bits per heavy atom. The van der Waals surface area contributed by atoms with Gasteiger partial charge in [0.05, 0.1) is 12.0 Å². The lowest BCUT2D eigenvalue weighted by molar-refractivity contribution is -0.126. The van der Waals surface area contributed by atoms with Gasteiger partial charge in [0.1, 0.15) is 0 Å². The van der Waals surface area contributed by atoms with Crippen LogP contribution in [-0.2, 0) is 16.0 Å². The van der Waals surface area contributed by atoms with Crippen LogP contribution >= 0.6 is 23.2 Å². The van der Waals surface area contributed by atoms with Crippen LogP contribution in [0.5, 0.6) is 0 Å². The normalized spacial score (nSPS) is 17.6. The number of carbonyl (C=O) groups excluding carboxylic acids is 2. The lowest BCUT2D eigenvalue weighted by Crippen LogP contribution is -2.35. The number of amides is 2. The van der Waals surface area contributed by atoms with Gasteiger partial charge in [-0.05, 0) is 41.8 Å². The number of aliphatic hydroxyl groups is 1. The Bertz CT molecular complexity index is 867. The molecule has 0 spiro atoms. The molecule has 7 heteroatoms. The van der Waals surface area contributed by atoms with Crippen molar-refractivity contribution in [2.45, 2.75) is 25.9 Å². The number of rotatable bonds is 6. The van der Waals surface area contributed by atoms with Gasteiger partial charge in [0, 0.05) is 35.2 Å². The van der Waals surface area contributed by atoms with E-state index in [1.165, 1.54) is 0 Å². The minimum atomic E-state index is -0.936. The summed E-state index contributed by atoms with van der Waals surface area (Å²) in [5.41, 5.74) is 2.46. The predicted octanol–water partition coefficient (Wildman–Crippen LogP) is 3.76. The molecule has 2 N–H and O–H groups in total. The number of aryl methyl sites for hydroxylation is 1. The van der Waals surface area contributed by atoms with Crippen LogP contribution in [0.3, 0.4) is 0 Å². The number of anilines is 1. The van der Waals surface area contributed by atoms with Crippen molar-refractivity contribution in [2.24, 2.45) is 5.92 Å². The van der Waals surface area contributed by atoms with Gasteiger partial charge in [0.15, 0.2) is 0 Å². The van der Waals surface area contributed by atoms with E-state index >= 15 is 0 Å². The van der Waals surface area contributed by atoms with Crippen LogP contribution in [0.15, 0.2) is 42.5 Å². The zero-order chi connectivity index (χ0) is 20.3. The van der Waals surface area contributed by atoms with E-state index in [-0.39, 0.29) is 24.8 Å². The molecule has 2 aromatic rings. The second-order valence-corrected chi connectivity index (χ2v) is 7.72. The maximum Gasteiger partial charge on any atom is 0.227 e. The number of nitrogens with zero attached hydrogens (tertiary/aromatic N) is 1. The summed E-state index contributed by atoms with van der Waals surface area (Å²) in [6, 6.07) is 12.5. The Balaban J connectivity index is 1.62. The smallest absolute Gasteiger partial charge is 0.227 e. The van der Waals surface area contributed by atoms with E-state index in [0.717, 1.165) is 17.7 Å². The highest BCUT2D eigenvalue weighted by atomic mass is 35.5. The first kappa shape index (κ1) is 20.6. The molecule has 2 atom stereocenters. The largest absolute Gasteiger partial charge is 0.387 e. The van der Waals surface area contributed by atoms with Crippen LogP contribution in [-0.4, -0.2) is 30.0 Å². The molecule has 0 saturated carbocycles. The highest BCUT2D eigenvalue weighted by Gasteiger charge is 2.35. The third-order valence-electron chi connectivity index (χ3n) is 4.90. The predicted molar refractivity (Wildman–Crippen MR) is 111 cm³/mol. The summed E-state index contributed by atoms with van der Waals surface area (Å²) >= 11 is 11.9. The Labute approximate surface area is 174 Å². The number of aliphatic hydroxyl groups excluding tert-OH is 1. The quantitative estimate of drug-likeness (QED) is 0.747. The van der Waals surface area contributed by atoms with Gasteiger partial charge in [-0.25, -0.2) is 0 Å². The summed E-state index contributed by atoms with van der Waals surface area (Å²) < 4.78 is 0. The maximum atomic E-state index is 12.5. The molecule has 0 bridgehead atoms. The molecule has 148 valence electrons. The van der Waals surface area contributed by atoms with Gasteiger partial charge in [-0.15, -0.1) is 0 Å². The summed E-state index contributed by atoms with van der Waals surface area (Å²) in [4.78, 5) is 26.7. The average molecular weight is 421 g/mol.